The molecule has 1 rings (SSSR count). The van der Waals surface area contributed by atoms with E-state index in [0.717, 1.165) is 6.92 Å². The van der Waals surface area contributed by atoms with E-state index in [4.69, 9.17) is 5.11 Å². The number of carboxylic acid groups (broad SMARTS) is 1. The smallest absolute Gasteiger partial charge is 0.327 e. The Morgan fingerprint density at radius 3 is 1.92 bits per heavy atom. The van der Waals surface area contributed by atoms with E-state index in [9.17, 15) is 39.9 Å². The van der Waals surface area contributed by atoms with Gasteiger partial charge in [0.1, 0.15) is 6.04 Å². The van der Waals surface area contributed by atoms with Crippen LogP contribution in [0.5, 0.6) is 0 Å². The van der Waals surface area contributed by atoms with Crippen molar-refractivity contribution < 1.29 is 29.5 Å². The second-order valence-electron chi connectivity index (χ2n) is 4.49. The first kappa shape index (κ1) is 19.8. The maximum atomic E-state index is 11.1. The quantitative estimate of drug-likeness (QED) is 0.377. The molecule has 0 spiro atoms. The van der Waals surface area contributed by atoms with Gasteiger partial charge in [-0.2, -0.15) is 0 Å². The molecule has 0 saturated carbocycles. The number of nitro benzene ring substituents is 3. The van der Waals surface area contributed by atoms with Gasteiger partial charge in [-0.3, -0.25) is 35.1 Å². The van der Waals surface area contributed by atoms with Crippen LogP contribution in [-0.4, -0.2) is 43.5 Å². The number of benzene rings is 1. The van der Waals surface area contributed by atoms with E-state index in [-0.39, 0.29) is 0 Å². The van der Waals surface area contributed by atoms with E-state index in [2.05, 4.69) is 5.32 Å². The van der Waals surface area contributed by atoms with Gasteiger partial charge in [0, 0.05) is 12.7 Å². The minimum Gasteiger partial charge on any atom is -0.480 e. The van der Waals surface area contributed by atoms with Gasteiger partial charge in [-0.05, 0) is 0 Å². The van der Waals surface area contributed by atoms with Crippen LogP contribution in [0.3, 0.4) is 0 Å². The highest BCUT2D eigenvalue weighted by atomic mass is 32.2. The van der Waals surface area contributed by atoms with Crippen molar-refractivity contribution in [1.82, 2.24) is 5.32 Å². The second kappa shape index (κ2) is 8.00. The van der Waals surface area contributed by atoms with Crippen LogP contribution in [0.15, 0.2) is 17.0 Å². The lowest BCUT2D eigenvalue weighted by molar-refractivity contribution is -0.407. The van der Waals surface area contributed by atoms with Crippen LogP contribution in [0.2, 0.25) is 0 Å². The molecule has 1 aromatic carbocycles. The molecule has 0 bridgehead atoms. The van der Waals surface area contributed by atoms with Crippen LogP contribution < -0.4 is 5.32 Å². The molecule has 0 aliphatic carbocycles. The van der Waals surface area contributed by atoms with Gasteiger partial charge < -0.3 is 10.4 Å². The molecule has 0 fully saturated rings. The molecule has 0 aromatic heterocycles. The summed E-state index contributed by atoms with van der Waals surface area (Å²) >= 11 is 0.428. The molecule has 0 radical (unpaired) electrons. The molecule has 134 valence electrons. The van der Waals surface area contributed by atoms with Gasteiger partial charge in [0.05, 0.1) is 26.9 Å². The van der Waals surface area contributed by atoms with Gasteiger partial charge in [-0.25, -0.2) is 4.79 Å². The lowest BCUT2D eigenvalue weighted by atomic mass is 10.2. The van der Waals surface area contributed by atoms with E-state index in [1.165, 1.54) is 0 Å². The molecule has 14 heteroatoms. The topological polar surface area (TPSA) is 196 Å². The van der Waals surface area contributed by atoms with E-state index in [0.29, 0.717) is 23.9 Å². The number of nitrogens with zero attached hydrogens (tertiary/aromatic N) is 3. The molecule has 2 N–H and O–H groups in total. The van der Waals surface area contributed by atoms with Crippen LogP contribution in [0.25, 0.3) is 0 Å². The number of carbonyl (C=O) groups is 2. The molecular weight excluding hydrogens is 364 g/mol. The lowest BCUT2D eigenvalue weighted by Crippen LogP contribution is -2.41. The zero-order valence-electron chi connectivity index (χ0n) is 12.4. The van der Waals surface area contributed by atoms with Crippen LogP contribution in [0.1, 0.15) is 6.92 Å². The van der Waals surface area contributed by atoms with Crippen molar-refractivity contribution in [3.05, 3.63) is 42.5 Å². The highest BCUT2D eigenvalue weighted by Gasteiger charge is 2.32. The number of carbonyl (C=O) groups excluding carboxylic acids is 1. The summed E-state index contributed by atoms with van der Waals surface area (Å²) in [6.45, 7) is 1.05. The first-order chi connectivity index (χ1) is 11.5. The van der Waals surface area contributed by atoms with Crippen LogP contribution in [0, 0.1) is 30.3 Å². The Labute approximate surface area is 142 Å². The molecular formula is C11H10N4O9S. The Morgan fingerprint density at radius 2 is 1.60 bits per heavy atom. The fraction of sp³-hybridized carbons (Fsp3) is 0.273. The van der Waals surface area contributed by atoms with Crippen molar-refractivity contribution in [3.8, 4) is 0 Å². The highest BCUT2D eigenvalue weighted by Crippen LogP contribution is 2.40. The van der Waals surface area contributed by atoms with E-state index < -0.39 is 60.4 Å². The molecule has 1 aromatic rings. The summed E-state index contributed by atoms with van der Waals surface area (Å²) < 4.78 is 0. The summed E-state index contributed by atoms with van der Waals surface area (Å²) in [5, 5.41) is 44.0. The van der Waals surface area contributed by atoms with Crippen molar-refractivity contribution in [2.24, 2.45) is 0 Å². The summed E-state index contributed by atoms with van der Waals surface area (Å²) in [5.74, 6) is -2.59. The number of hydrogen-bond donors (Lipinski definition) is 2. The SMILES string of the molecule is CC(=O)N[C@@H](CSc1c([N+](=O)[O-])cc([N+](=O)[O-])cc1[N+](=O)[O-])C(=O)O. The Hall–Kier alpha value is -3.29. The number of nitro groups is 3. The first-order valence-corrected chi connectivity index (χ1v) is 7.27. The molecule has 0 aliphatic heterocycles. The van der Waals surface area contributed by atoms with Gasteiger partial charge in [-0.15, -0.1) is 11.8 Å². The summed E-state index contributed by atoms with van der Waals surface area (Å²) in [6.07, 6.45) is 0. The molecule has 25 heavy (non-hydrogen) atoms. The number of hydrogen-bond acceptors (Lipinski definition) is 9. The van der Waals surface area contributed by atoms with Crippen molar-refractivity contribution >= 4 is 40.7 Å². The summed E-state index contributed by atoms with van der Waals surface area (Å²) in [7, 11) is 0. The van der Waals surface area contributed by atoms with Gasteiger partial charge >= 0.3 is 5.97 Å². The summed E-state index contributed by atoms with van der Waals surface area (Å²) in [6, 6.07) is -0.371. The minimum absolute atomic E-state index is 0.428. The number of non-ortho nitro benzene ring substituents is 1. The standard InChI is InChI=1S/C11H10N4O9S/c1-5(16)12-7(11(17)18)4-25-10-8(14(21)22)2-6(13(19)20)3-9(10)15(23)24/h2-3,7H,4H2,1H3,(H,12,16)(H,17,18)/t7-/m0/s1. The molecule has 1 amide bonds. The van der Waals surface area contributed by atoms with E-state index in [1.54, 1.807) is 0 Å². The fourth-order valence-corrected chi connectivity index (χ4v) is 2.82. The van der Waals surface area contributed by atoms with Crippen molar-refractivity contribution in [3.63, 3.8) is 0 Å². The largest absolute Gasteiger partial charge is 0.480 e. The third-order valence-corrected chi connectivity index (χ3v) is 3.92. The number of carboxylic acids is 1. The number of amides is 1. The Balaban J connectivity index is 3.34. The van der Waals surface area contributed by atoms with Crippen molar-refractivity contribution in [2.45, 2.75) is 17.9 Å². The number of rotatable bonds is 8. The number of aliphatic carboxylic acids is 1. The fourth-order valence-electron chi connectivity index (χ4n) is 1.70. The second-order valence-corrected chi connectivity index (χ2v) is 5.52. The van der Waals surface area contributed by atoms with Crippen LogP contribution in [-0.2, 0) is 9.59 Å². The zero-order valence-corrected chi connectivity index (χ0v) is 13.2. The highest BCUT2D eigenvalue weighted by molar-refractivity contribution is 7.99. The minimum atomic E-state index is -1.46. The average Bonchev–Trinajstić information content (AvgIpc) is 2.49. The van der Waals surface area contributed by atoms with E-state index >= 15 is 0 Å². The average molecular weight is 374 g/mol. The monoisotopic (exact) mass is 374 g/mol. The molecule has 0 unspecified atom stereocenters. The zero-order chi connectivity index (χ0) is 19.3. The van der Waals surface area contributed by atoms with Gasteiger partial charge in [0.15, 0.2) is 4.90 Å². The normalized spacial score (nSPS) is 11.4. The molecule has 0 saturated heterocycles. The maximum Gasteiger partial charge on any atom is 0.327 e. The number of thioether (sulfide) groups is 1. The predicted octanol–water partition coefficient (Wildman–Crippen LogP) is 1.09. The van der Waals surface area contributed by atoms with Crippen LogP contribution >= 0.6 is 11.8 Å². The first-order valence-electron chi connectivity index (χ1n) is 6.28. The number of nitrogens with one attached hydrogen (secondary N) is 1. The van der Waals surface area contributed by atoms with E-state index in [1.807, 2.05) is 0 Å². The summed E-state index contributed by atoms with van der Waals surface area (Å²) in [5.41, 5.74) is -2.66. The van der Waals surface area contributed by atoms with Gasteiger partial charge in [0.2, 0.25) is 5.91 Å². The Kier molecular flexibility index (Phi) is 6.32. The summed E-state index contributed by atoms with van der Waals surface area (Å²) in [4.78, 5) is 51.3. The van der Waals surface area contributed by atoms with Gasteiger partial charge in [0.25, 0.3) is 17.1 Å². The molecule has 0 aliphatic rings. The lowest BCUT2D eigenvalue weighted by Gasteiger charge is -2.12. The van der Waals surface area contributed by atoms with Crippen molar-refractivity contribution in [2.75, 3.05) is 5.75 Å². The third-order valence-electron chi connectivity index (χ3n) is 2.71. The van der Waals surface area contributed by atoms with Gasteiger partial charge in [-0.1, -0.05) is 0 Å². The van der Waals surface area contributed by atoms with Crippen LogP contribution in [0.4, 0.5) is 17.1 Å². The Bertz CT molecular complexity index is 731. The molecule has 0 heterocycles. The Morgan fingerprint density at radius 1 is 1.12 bits per heavy atom. The third kappa shape index (κ3) is 5.10. The maximum absolute atomic E-state index is 11.1. The predicted molar refractivity (Wildman–Crippen MR) is 82.4 cm³/mol. The molecule has 13 nitrogen and oxygen atoms in total. The molecule has 1 atom stereocenters. The van der Waals surface area contributed by atoms with Crippen molar-refractivity contribution in [1.29, 1.82) is 0 Å².